The quantitative estimate of drug-likeness (QED) is 0.412. The third-order valence-electron chi connectivity index (χ3n) is 5.33. The predicted octanol–water partition coefficient (Wildman–Crippen LogP) is 4.50. The van der Waals surface area contributed by atoms with Crippen LogP contribution in [0, 0.1) is 0 Å². The van der Waals surface area contributed by atoms with Gasteiger partial charge >= 0.3 is 0 Å². The Balaban J connectivity index is 1.63. The molecule has 0 aromatic heterocycles. The SMILES string of the molecule is O=C1c2cc3ccccc3cc2C(=O)c2cc3cc4c(cc3cc21)OCO4. The Hall–Kier alpha value is -3.66. The Morgan fingerprint density at radius 2 is 0.963 bits per heavy atom. The summed E-state index contributed by atoms with van der Waals surface area (Å²) in [4.78, 5) is 26.3. The maximum atomic E-state index is 13.2. The van der Waals surface area contributed by atoms with Gasteiger partial charge in [0.15, 0.2) is 23.1 Å². The van der Waals surface area contributed by atoms with Crippen LogP contribution in [0.2, 0.25) is 0 Å². The van der Waals surface area contributed by atoms with Gasteiger partial charge in [0.05, 0.1) is 0 Å². The maximum absolute atomic E-state index is 13.2. The standard InChI is InChI=1S/C23H12O4/c24-22-16-5-12-3-1-2-4-13(12)6-17(16)23(25)19-8-15-10-21-20(26-11-27-21)9-14(15)7-18(19)22/h1-10H,11H2. The molecule has 0 amide bonds. The van der Waals surface area contributed by atoms with Gasteiger partial charge in [-0.15, -0.1) is 0 Å². The lowest BCUT2D eigenvalue weighted by Crippen LogP contribution is -2.20. The number of ketones is 2. The van der Waals surface area contributed by atoms with Crippen LogP contribution in [0.4, 0.5) is 0 Å². The van der Waals surface area contributed by atoms with Crippen molar-refractivity contribution < 1.29 is 19.1 Å². The van der Waals surface area contributed by atoms with Gasteiger partial charge in [0.25, 0.3) is 0 Å². The molecule has 6 rings (SSSR count). The molecule has 0 spiro atoms. The van der Waals surface area contributed by atoms with Gasteiger partial charge in [-0.2, -0.15) is 0 Å². The lowest BCUT2D eigenvalue weighted by atomic mass is 9.81. The zero-order valence-corrected chi connectivity index (χ0v) is 14.1. The summed E-state index contributed by atoms with van der Waals surface area (Å²) in [5.41, 5.74) is 1.81. The smallest absolute Gasteiger partial charge is 0.231 e. The van der Waals surface area contributed by atoms with E-state index in [9.17, 15) is 9.59 Å². The minimum Gasteiger partial charge on any atom is -0.454 e. The molecule has 0 radical (unpaired) electrons. The third kappa shape index (κ3) is 1.92. The van der Waals surface area contributed by atoms with E-state index in [2.05, 4.69) is 0 Å². The second-order valence-corrected chi connectivity index (χ2v) is 6.85. The fourth-order valence-electron chi connectivity index (χ4n) is 3.97. The molecule has 0 unspecified atom stereocenters. The van der Waals surface area contributed by atoms with Crippen molar-refractivity contribution in [2.75, 3.05) is 6.79 Å². The second kappa shape index (κ2) is 4.95. The largest absolute Gasteiger partial charge is 0.454 e. The first kappa shape index (κ1) is 14.5. The van der Waals surface area contributed by atoms with E-state index < -0.39 is 0 Å². The molecule has 0 bridgehead atoms. The molecule has 1 aliphatic heterocycles. The van der Waals surface area contributed by atoms with E-state index in [1.165, 1.54) is 0 Å². The summed E-state index contributed by atoms with van der Waals surface area (Å²) in [6, 6.07) is 18.7. The first-order chi connectivity index (χ1) is 13.2. The minimum atomic E-state index is -0.120. The number of carbonyl (C=O) groups excluding carboxylic acids is 2. The van der Waals surface area contributed by atoms with Crippen molar-refractivity contribution in [2.45, 2.75) is 0 Å². The number of ether oxygens (including phenoxy) is 2. The minimum absolute atomic E-state index is 0.120. The summed E-state index contributed by atoms with van der Waals surface area (Å²) >= 11 is 0. The number of carbonyl (C=O) groups is 2. The molecule has 4 nitrogen and oxygen atoms in total. The van der Waals surface area contributed by atoms with Crippen LogP contribution in [0.1, 0.15) is 31.8 Å². The number of benzene rings is 4. The molecule has 0 fully saturated rings. The second-order valence-electron chi connectivity index (χ2n) is 6.85. The summed E-state index contributed by atoms with van der Waals surface area (Å²) in [6.07, 6.45) is 0. The van der Waals surface area contributed by atoms with E-state index in [1.807, 2.05) is 48.5 Å². The van der Waals surface area contributed by atoms with Crippen LogP contribution in [0.5, 0.6) is 11.5 Å². The van der Waals surface area contributed by atoms with Crippen molar-refractivity contribution in [3.8, 4) is 11.5 Å². The van der Waals surface area contributed by atoms with E-state index in [0.717, 1.165) is 21.5 Å². The van der Waals surface area contributed by atoms with E-state index >= 15 is 0 Å². The fraction of sp³-hybridized carbons (Fsp3) is 0.0435. The Labute approximate surface area is 153 Å². The first-order valence-electron chi connectivity index (χ1n) is 8.69. The highest BCUT2D eigenvalue weighted by Crippen LogP contribution is 2.39. The molecule has 0 saturated heterocycles. The molecule has 0 saturated carbocycles. The Kier molecular flexibility index (Phi) is 2.66. The van der Waals surface area contributed by atoms with E-state index in [4.69, 9.17) is 9.47 Å². The van der Waals surface area contributed by atoms with Gasteiger partial charge in [-0.3, -0.25) is 9.59 Å². The van der Waals surface area contributed by atoms with E-state index in [1.54, 1.807) is 12.1 Å². The molecule has 0 atom stereocenters. The molecule has 27 heavy (non-hydrogen) atoms. The van der Waals surface area contributed by atoms with Gasteiger partial charge in [0, 0.05) is 22.3 Å². The molecule has 1 heterocycles. The van der Waals surface area contributed by atoms with Crippen molar-refractivity contribution in [2.24, 2.45) is 0 Å². The number of hydrogen-bond donors (Lipinski definition) is 0. The zero-order valence-electron chi connectivity index (χ0n) is 14.1. The van der Waals surface area contributed by atoms with Crippen LogP contribution in [0.15, 0.2) is 60.7 Å². The molecular weight excluding hydrogens is 340 g/mol. The molecule has 128 valence electrons. The van der Waals surface area contributed by atoms with Crippen LogP contribution >= 0.6 is 0 Å². The van der Waals surface area contributed by atoms with Crippen molar-refractivity contribution in [1.29, 1.82) is 0 Å². The highest BCUT2D eigenvalue weighted by molar-refractivity contribution is 6.30. The van der Waals surface area contributed by atoms with Gasteiger partial charge in [-0.05, 0) is 57.9 Å². The molecule has 1 aliphatic carbocycles. The summed E-state index contributed by atoms with van der Waals surface area (Å²) in [5, 5.41) is 3.60. The number of fused-ring (bicyclic) bond motifs is 5. The molecule has 4 heteroatoms. The van der Waals surface area contributed by atoms with Crippen molar-refractivity contribution in [1.82, 2.24) is 0 Å². The average Bonchev–Trinajstić information content (AvgIpc) is 3.15. The first-order valence-corrected chi connectivity index (χ1v) is 8.69. The monoisotopic (exact) mass is 352 g/mol. The topological polar surface area (TPSA) is 52.6 Å². The van der Waals surface area contributed by atoms with Crippen molar-refractivity contribution >= 4 is 33.1 Å². The molecule has 0 N–H and O–H groups in total. The van der Waals surface area contributed by atoms with Gasteiger partial charge in [-0.25, -0.2) is 0 Å². The van der Waals surface area contributed by atoms with Crippen LogP contribution in [0.3, 0.4) is 0 Å². The fourth-order valence-corrected chi connectivity index (χ4v) is 3.97. The molecule has 2 aliphatic rings. The highest BCUT2D eigenvalue weighted by Gasteiger charge is 2.31. The van der Waals surface area contributed by atoms with Gasteiger partial charge < -0.3 is 9.47 Å². The summed E-state index contributed by atoms with van der Waals surface area (Å²) in [5.74, 6) is 1.07. The summed E-state index contributed by atoms with van der Waals surface area (Å²) < 4.78 is 10.9. The number of rotatable bonds is 0. The number of hydrogen-bond acceptors (Lipinski definition) is 4. The lowest BCUT2D eigenvalue weighted by molar-refractivity contribution is 0.0979. The van der Waals surface area contributed by atoms with Crippen LogP contribution in [-0.2, 0) is 0 Å². The Morgan fingerprint density at radius 3 is 1.41 bits per heavy atom. The highest BCUT2D eigenvalue weighted by atomic mass is 16.7. The predicted molar refractivity (Wildman–Crippen MR) is 101 cm³/mol. The average molecular weight is 352 g/mol. The lowest BCUT2D eigenvalue weighted by Gasteiger charge is -2.19. The van der Waals surface area contributed by atoms with Gasteiger partial charge in [0.1, 0.15) is 0 Å². The third-order valence-corrected chi connectivity index (χ3v) is 5.33. The van der Waals surface area contributed by atoms with E-state index in [0.29, 0.717) is 33.8 Å². The summed E-state index contributed by atoms with van der Waals surface area (Å²) in [7, 11) is 0. The van der Waals surface area contributed by atoms with Gasteiger partial charge in [0.2, 0.25) is 6.79 Å². The Bertz CT molecular complexity index is 1230. The molecular formula is C23H12O4. The maximum Gasteiger partial charge on any atom is 0.231 e. The Morgan fingerprint density at radius 1 is 0.556 bits per heavy atom. The normalized spacial score (nSPS) is 14.5. The molecule has 4 aromatic rings. The zero-order chi connectivity index (χ0) is 18.1. The summed E-state index contributed by atoms with van der Waals surface area (Å²) in [6.45, 7) is 0.182. The van der Waals surface area contributed by atoms with Crippen molar-refractivity contribution in [3.05, 3.63) is 82.9 Å². The van der Waals surface area contributed by atoms with Crippen LogP contribution in [0.25, 0.3) is 21.5 Å². The van der Waals surface area contributed by atoms with Gasteiger partial charge in [-0.1, -0.05) is 24.3 Å². The van der Waals surface area contributed by atoms with E-state index in [-0.39, 0.29) is 18.4 Å². The molecule has 4 aromatic carbocycles. The van der Waals surface area contributed by atoms with Crippen molar-refractivity contribution in [3.63, 3.8) is 0 Å². The van der Waals surface area contributed by atoms with Crippen LogP contribution in [-0.4, -0.2) is 18.4 Å². The van der Waals surface area contributed by atoms with Crippen LogP contribution < -0.4 is 9.47 Å².